The summed E-state index contributed by atoms with van der Waals surface area (Å²) >= 11 is 12.4. The first-order valence-corrected chi connectivity index (χ1v) is 9.01. The number of halogens is 2. The van der Waals surface area contributed by atoms with Crippen molar-refractivity contribution in [1.29, 1.82) is 0 Å². The summed E-state index contributed by atoms with van der Waals surface area (Å²) in [6.07, 6.45) is 0. The lowest BCUT2D eigenvalue weighted by molar-refractivity contribution is 0.195. The van der Waals surface area contributed by atoms with Gasteiger partial charge in [0.2, 0.25) is 0 Å². The highest BCUT2D eigenvalue weighted by molar-refractivity contribution is 6.42. The maximum absolute atomic E-state index is 6.30. The summed E-state index contributed by atoms with van der Waals surface area (Å²) in [5.41, 5.74) is 2.14. The molecule has 1 aliphatic heterocycles. The molecule has 0 aliphatic carbocycles. The number of hydrogen-bond acceptors (Lipinski definition) is 4. The van der Waals surface area contributed by atoms with E-state index in [9.17, 15) is 0 Å². The molecule has 2 aromatic carbocycles. The van der Waals surface area contributed by atoms with Crippen molar-refractivity contribution in [2.24, 2.45) is 0 Å². The number of ether oxygens (including phenoxy) is 2. The third-order valence-electron chi connectivity index (χ3n) is 4.51. The van der Waals surface area contributed by atoms with Gasteiger partial charge in [-0.1, -0.05) is 29.3 Å². The van der Waals surface area contributed by atoms with Crippen LogP contribution < -0.4 is 14.8 Å². The minimum absolute atomic E-state index is 0.0157. The average molecular weight is 381 g/mol. The zero-order valence-corrected chi connectivity index (χ0v) is 15.9. The van der Waals surface area contributed by atoms with Crippen LogP contribution in [0, 0.1) is 0 Å². The fourth-order valence-corrected chi connectivity index (χ4v) is 3.57. The predicted octanol–water partition coefficient (Wildman–Crippen LogP) is 4.01. The van der Waals surface area contributed by atoms with Gasteiger partial charge < -0.3 is 14.8 Å². The first-order chi connectivity index (χ1) is 12.1. The number of hydrogen-bond donors (Lipinski definition) is 1. The maximum atomic E-state index is 6.30. The molecule has 0 saturated carbocycles. The maximum Gasteiger partial charge on any atom is 0.124 e. The molecule has 3 rings (SSSR count). The van der Waals surface area contributed by atoms with Gasteiger partial charge in [-0.3, -0.25) is 4.90 Å². The van der Waals surface area contributed by atoms with Crippen LogP contribution in [-0.4, -0.2) is 45.3 Å². The van der Waals surface area contributed by atoms with Crippen LogP contribution in [0.2, 0.25) is 10.0 Å². The second-order valence-corrected chi connectivity index (χ2v) is 6.78. The second-order valence-electron chi connectivity index (χ2n) is 5.97. The Labute approximate surface area is 158 Å². The van der Waals surface area contributed by atoms with Crippen molar-refractivity contribution in [3.63, 3.8) is 0 Å². The standard InChI is InChI=1S/C19H22Cl2N2O2/c1-24-14-4-6-18(25-2)15(12-14)19(23-9-7-22-8-10-23)13-3-5-16(20)17(21)11-13/h3-6,11-12,19,22H,7-10H2,1-2H3. The van der Waals surface area contributed by atoms with Gasteiger partial charge in [0.05, 0.1) is 30.3 Å². The molecule has 0 amide bonds. The monoisotopic (exact) mass is 380 g/mol. The van der Waals surface area contributed by atoms with Crippen LogP contribution in [0.15, 0.2) is 36.4 Å². The molecule has 1 N–H and O–H groups in total. The molecule has 0 bridgehead atoms. The van der Waals surface area contributed by atoms with Crippen LogP contribution in [0.25, 0.3) is 0 Å². The Bertz CT molecular complexity index is 733. The smallest absolute Gasteiger partial charge is 0.124 e. The molecule has 1 atom stereocenters. The lowest BCUT2D eigenvalue weighted by atomic mass is 9.95. The van der Waals surface area contributed by atoms with Gasteiger partial charge in [-0.25, -0.2) is 0 Å². The Balaban J connectivity index is 2.11. The van der Waals surface area contributed by atoms with Crippen LogP contribution in [0.5, 0.6) is 11.5 Å². The zero-order chi connectivity index (χ0) is 17.8. The molecule has 1 saturated heterocycles. The number of piperazine rings is 1. The molecule has 1 heterocycles. The van der Waals surface area contributed by atoms with E-state index in [0.717, 1.165) is 48.8 Å². The summed E-state index contributed by atoms with van der Waals surface area (Å²) < 4.78 is 11.1. The molecule has 1 aliphatic rings. The van der Waals surface area contributed by atoms with E-state index in [-0.39, 0.29) is 6.04 Å². The van der Waals surface area contributed by atoms with Gasteiger partial charge in [0.15, 0.2) is 0 Å². The van der Waals surface area contributed by atoms with Gasteiger partial charge in [-0.2, -0.15) is 0 Å². The van der Waals surface area contributed by atoms with E-state index in [2.05, 4.69) is 10.2 Å². The van der Waals surface area contributed by atoms with Crippen LogP contribution in [0.4, 0.5) is 0 Å². The number of nitrogens with one attached hydrogen (secondary N) is 1. The Morgan fingerprint density at radius 3 is 2.36 bits per heavy atom. The number of nitrogens with zero attached hydrogens (tertiary/aromatic N) is 1. The quantitative estimate of drug-likeness (QED) is 0.849. The third kappa shape index (κ3) is 4.04. The largest absolute Gasteiger partial charge is 0.497 e. The summed E-state index contributed by atoms with van der Waals surface area (Å²) in [7, 11) is 3.36. The molecule has 4 nitrogen and oxygen atoms in total. The van der Waals surface area contributed by atoms with Crippen LogP contribution >= 0.6 is 23.2 Å². The topological polar surface area (TPSA) is 33.7 Å². The van der Waals surface area contributed by atoms with E-state index in [1.165, 1.54) is 0 Å². The molecular formula is C19H22Cl2N2O2. The Morgan fingerprint density at radius 1 is 0.960 bits per heavy atom. The minimum atomic E-state index is 0.0157. The van der Waals surface area contributed by atoms with Gasteiger partial charge in [0.1, 0.15) is 11.5 Å². The molecule has 0 aromatic heterocycles. The third-order valence-corrected chi connectivity index (χ3v) is 5.25. The highest BCUT2D eigenvalue weighted by atomic mass is 35.5. The Morgan fingerprint density at radius 2 is 1.72 bits per heavy atom. The van der Waals surface area contributed by atoms with Crippen molar-refractivity contribution in [2.45, 2.75) is 6.04 Å². The van der Waals surface area contributed by atoms with E-state index < -0.39 is 0 Å². The molecule has 2 aromatic rings. The highest BCUT2D eigenvalue weighted by Gasteiger charge is 2.27. The van der Waals surface area contributed by atoms with Gasteiger partial charge >= 0.3 is 0 Å². The van der Waals surface area contributed by atoms with E-state index in [0.29, 0.717) is 10.0 Å². The lowest BCUT2D eigenvalue weighted by Gasteiger charge is -2.36. The predicted molar refractivity (Wildman–Crippen MR) is 102 cm³/mol. The van der Waals surface area contributed by atoms with Crippen molar-refractivity contribution < 1.29 is 9.47 Å². The van der Waals surface area contributed by atoms with Gasteiger partial charge in [-0.15, -0.1) is 0 Å². The highest BCUT2D eigenvalue weighted by Crippen LogP contribution is 2.38. The number of rotatable bonds is 5. The molecule has 1 unspecified atom stereocenters. The van der Waals surface area contributed by atoms with E-state index in [1.807, 2.05) is 36.4 Å². The van der Waals surface area contributed by atoms with Crippen molar-refractivity contribution in [3.8, 4) is 11.5 Å². The summed E-state index contributed by atoms with van der Waals surface area (Å²) in [5, 5.41) is 4.51. The first-order valence-electron chi connectivity index (χ1n) is 8.25. The van der Waals surface area contributed by atoms with Crippen LogP contribution in [-0.2, 0) is 0 Å². The van der Waals surface area contributed by atoms with Gasteiger partial charge in [0.25, 0.3) is 0 Å². The van der Waals surface area contributed by atoms with E-state index in [1.54, 1.807) is 14.2 Å². The fourth-order valence-electron chi connectivity index (χ4n) is 3.26. The Hall–Kier alpha value is -1.46. The van der Waals surface area contributed by atoms with Crippen LogP contribution in [0.1, 0.15) is 17.2 Å². The lowest BCUT2D eigenvalue weighted by Crippen LogP contribution is -2.45. The normalized spacial score (nSPS) is 16.5. The SMILES string of the molecule is COc1ccc(OC)c(C(c2ccc(Cl)c(Cl)c2)N2CCNCC2)c1. The summed E-state index contributed by atoms with van der Waals surface area (Å²) in [6.45, 7) is 3.77. The van der Waals surface area contributed by atoms with Crippen molar-refractivity contribution in [2.75, 3.05) is 40.4 Å². The van der Waals surface area contributed by atoms with Crippen LogP contribution in [0.3, 0.4) is 0 Å². The fraction of sp³-hybridized carbons (Fsp3) is 0.368. The van der Waals surface area contributed by atoms with Gasteiger partial charge in [-0.05, 0) is 35.9 Å². The molecule has 134 valence electrons. The minimum Gasteiger partial charge on any atom is -0.497 e. The Kier molecular flexibility index (Phi) is 6.07. The molecule has 25 heavy (non-hydrogen) atoms. The summed E-state index contributed by atoms with van der Waals surface area (Å²) in [6, 6.07) is 11.7. The number of benzene rings is 2. The summed E-state index contributed by atoms with van der Waals surface area (Å²) in [4.78, 5) is 2.42. The molecule has 1 fully saturated rings. The molecule has 0 radical (unpaired) electrons. The van der Waals surface area contributed by atoms with Gasteiger partial charge in [0, 0.05) is 31.7 Å². The molecule has 6 heteroatoms. The van der Waals surface area contributed by atoms with Crippen molar-refractivity contribution in [3.05, 3.63) is 57.6 Å². The molecule has 0 spiro atoms. The second kappa shape index (κ2) is 8.28. The van der Waals surface area contributed by atoms with Crippen molar-refractivity contribution in [1.82, 2.24) is 10.2 Å². The number of methoxy groups -OCH3 is 2. The average Bonchev–Trinajstić information content (AvgIpc) is 2.65. The molecular weight excluding hydrogens is 359 g/mol. The van der Waals surface area contributed by atoms with E-state index >= 15 is 0 Å². The van der Waals surface area contributed by atoms with Crippen molar-refractivity contribution >= 4 is 23.2 Å². The summed E-state index contributed by atoms with van der Waals surface area (Å²) in [5.74, 6) is 1.63. The first kappa shape index (κ1) is 18.3. The zero-order valence-electron chi connectivity index (χ0n) is 14.4. The van der Waals surface area contributed by atoms with E-state index in [4.69, 9.17) is 32.7 Å².